The Bertz CT molecular complexity index is 314. The van der Waals surface area contributed by atoms with Gasteiger partial charge in [0.1, 0.15) is 0 Å². The minimum absolute atomic E-state index is 0.309. The highest BCUT2D eigenvalue weighted by molar-refractivity contribution is 5.47. The topological polar surface area (TPSA) is 42.1 Å². The van der Waals surface area contributed by atoms with Crippen molar-refractivity contribution >= 4 is 5.69 Å². The van der Waals surface area contributed by atoms with Gasteiger partial charge in [0.05, 0.1) is 0 Å². The van der Waals surface area contributed by atoms with Gasteiger partial charge in [-0.1, -0.05) is 6.92 Å². The van der Waals surface area contributed by atoms with E-state index in [-0.39, 0.29) is 0 Å². The van der Waals surface area contributed by atoms with Crippen LogP contribution in [0.4, 0.5) is 5.69 Å². The summed E-state index contributed by atoms with van der Waals surface area (Å²) < 4.78 is 0. The van der Waals surface area contributed by atoms with E-state index < -0.39 is 0 Å². The van der Waals surface area contributed by atoms with Crippen LogP contribution in [0, 0.1) is 12.8 Å². The molecule has 1 saturated heterocycles. The zero-order valence-electron chi connectivity index (χ0n) is 8.77. The van der Waals surface area contributed by atoms with E-state index in [1.165, 1.54) is 5.69 Å². The molecule has 0 amide bonds. The Labute approximate surface area is 84.9 Å². The first-order chi connectivity index (χ1) is 6.66. The summed E-state index contributed by atoms with van der Waals surface area (Å²) in [6, 6.07) is 4.48. The van der Waals surface area contributed by atoms with Crippen molar-refractivity contribution in [3.63, 3.8) is 0 Å². The molecule has 1 aromatic heterocycles. The van der Waals surface area contributed by atoms with E-state index >= 15 is 0 Å². The summed E-state index contributed by atoms with van der Waals surface area (Å²) in [4.78, 5) is 6.53. The van der Waals surface area contributed by atoms with Crippen molar-refractivity contribution in [2.45, 2.75) is 19.9 Å². The fourth-order valence-electron chi connectivity index (χ4n) is 1.93. The van der Waals surface area contributed by atoms with Crippen LogP contribution in [0.5, 0.6) is 0 Å². The number of aromatic nitrogens is 1. The average Bonchev–Trinajstić information content (AvgIpc) is 2.47. The summed E-state index contributed by atoms with van der Waals surface area (Å²) in [6.07, 6.45) is 1.86. The fraction of sp³-hybridized carbons (Fsp3) is 0.545. The molecule has 0 bridgehead atoms. The van der Waals surface area contributed by atoms with E-state index in [0.29, 0.717) is 12.0 Å². The zero-order chi connectivity index (χ0) is 10.1. The minimum atomic E-state index is 0.309. The van der Waals surface area contributed by atoms with Crippen LogP contribution >= 0.6 is 0 Å². The van der Waals surface area contributed by atoms with Crippen molar-refractivity contribution < 1.29 is 0 Å². The predicted molar refractivity (Wildman–Crippen MR) is 58.3 cm³/mol. The fourth-order valence-corrected chi connectivity index (χ4v) is 1.93. The van der Waals surface area contributed by atoms with Crippen LogP contribution in [0.1, 0.15) is 12.6 Å². The third-order valence-electron chi connectivity index (χ3n) is 2.92. The largest absolute Gasteiger partial charge is 0.370 e. The van der Waals surface area contributed by atoms with Gasteiger partial charge in [0.15, 0.2) is 0 Å². The summed E-state index contributed by atoms with van der Waals surface area (Å²) in [5.74, 6) is 0.587. The summed E-state index contributed by atoms with van der Waals surface area (Å²) in [6.45, 7) is 6.25. The lowest BCUT2D eigenvalue weighted by Gasteiger charge is -2.18. The quantitative estimate of drug-likeness (QED) is 0.724. The molecular weight excluding hydrogens is 174 g/mol. The maximum Gasteiger partial charge on any atom is 0.0400 e. The number of hydrogen-bond acceptors (Lipinski definition) is 3. The Kier molecular flexibility index (Phi) is 2.42. The van der Waals surface area contributed by atoms with Crippen molar-refractivity contribution in [2.24, 2.45) is 11.7 Å². The first kappa shape index (κ1) is 9.46. The molecule has 2 rings (SSSR count). The third-order valence-corrected chi connectivity index (χ3v) is 2.92. The van der Waals surface area contributed by atoms with E-state index in [4.69, 9.17) is 5.73 Å². The number of hydrogen-bond donors (Lipinski definition) is 1. The molecule has 0 aromatic carbocycles. The van der Waals surface area contributed by atoms with Crippen LogP contribution in [0.25, 0.3) is 0 Å². The Morgan fingerprint density at radius 2 is 2.29 bits per heavy atom. The van der Waals surface area contributed by atoms with Crippen LogP contribution in [-0.2, 0) is 0 Å². The molecule has 0 radical (unpaired) electrons. The van der Waals surface area contributed by atoms with Crippen molar-refractivity contribution in [1.82, 2.24) is 4.98 Å². The summed E-state index contributed by atoms with van der Waals surface area (Å²) in [5.41, 5.74) is 8.30. The van der Waals surface area contributed by atoms with Gasteiger partial charge in [0.25, 0.3) is 0 Å². The van der Waals surface area contributed by atoms with Crippen molar-refractivity contribution in [2.75, 3.05) is 18.0 Å². The predicted octanol–water partition coefficient (Wildman–Crippen LogP) is 1.17. The molecule has 1 aliphatic heterocycles. The second kappa shape index (κ2) is 3.58. The van der Waals surface area contributed by atoms with Crippen LogP contribution in [0.3, 0.4) is 0 Å². The van der Waals surface area contributed by atoms with Crippen LogP contribution in [-0.4, -0.2) is 24.1 Å². The summed E-state index contributed by atoms with van der Waals surface area (Å²) in [7, 11) is 0. The highest BCUT2D eigenvalue weighted by Crippen LogP contribution is 2.22. The Morgan fingerprint density at radius 3 is 2.86 bits per heavy atom. The van der Waals surface area contributed by atoms with Crippen LogP contribution in [0.15, 0.2) is 18.3 Å². The van der Waals surface area contributed by atoms with Gasteiger partial charge in [0, 0.05) is 36.7 Å². The lowest BCUT2D eigenvalue weighted by molar-refractivity contribution is 0.566. The Hall–Kier alpha value is -1.09. The van der Waals surface area contributed by atoms with E-state index in [1.54, 1.807) is 0 Å². The van der Waals surface area contributed by atoms with Gasteiger partial charge >= 0.3 is 0 Å². The number of rotatable bonds is 1. The van der Waals surface area contributed by atoms with E-state index in [1.807, 2.05) is 13.1 Å². The van der Waals surface area contributed by atoms with Gasteiger partial charge in [-0.3, -0.25) is 4.98 Å². The molecule has 3 nitrogen and oxygen atoms in total. The Balaban J connectivity index is 2.17. The molecule has 0 spiro atoms. The zero-order valence-corrected chi connectivity index (χ0v) is 8.77. The lowest BCUT2D eigenvalue weighted by atomic mass is 10.1. The molecule has 1 fully saturated rings. The van der Waals surface area contributed by atoms with Crippen LogP contribution in [0.2, 0.25) is 0 Å². The number of nitrogens with zero attached hydrogens (tertiary/aromatic N) is 2. The normalized spacial score (nSPS) is 26.9. The molecule has 0 aliphatic carbocycles. The van der Waals surface area contributed by atoms with Gasteiger partial charge in [-0.2, -0.15) is 0 Å². The molecular formula is C11H17N3. The van der Waals surface area contributed by atoms with Crippen LogP contribution < -0.4 is 10.6 Å². The number of nitrogens with two attached hydrogens (primary N) is 1. The summed E-state index contributed by atoms with van der Waals surface area (Å²) >= 11 is 0. The highest BCUT2D eigenvalue weighted by atomic mass is 15.2. The van der Waals surface area contributed by atoms with E-state index in [9.17, 15) is 0 Å². The molecule has 14 heavy (non-hydrogen) atoms. The van der Waals surface area contributed by atoms with Gasteiger partial charge < -0.3 is 10.6 Å². The van der Waals surface area contributed by atoms with Crippen molar-refractivity contribution in [3.8, 4) is 0 Å². The molecule has 1 aromatic rings. The molecule has 0 saturated carbocycles. The molecule has 76 valence electrons. The molecule has 2 unspecified atom stereocenters. The van der Waals surface area contributed by atoms with Gasteiger partial charge in [0.2, 0.25) is 0 Å². The second-order valence-electron chi connectivity index (χ2n) is 4.20. The van der Waals surface area contributed by atoms with Crippen molar-refractivity contribution in [3.05, 3.63) is 24.0 Å². The van der Waals surface area contributed by atoms with Gasteiger partial charge in [-0.15, -0.1) is 0 Å². The lowest BCUT2D eigenvalue weighted by Crippen LogP contribution is -2.28. The highest BCUT2D eigenvalue weighted by Gasteiger charge is 2.26. The maximum atomic E-state index is 5.99. The van der Waals surface area contributed by atoms with Gasteiger partial charge in [-0.25, -0.2) is 0 Å². The number of pyridine rings is 1. The number of anilines is 1. The Morgan fingerprint density at radius 1 is 1.50 bits per heavy atom. The van der Waals surface area contributed by atoms with E-state index in [0.717, 1.165) is 18.8 Å². The summed E-state index contributed by atoms with van der Waals surface area (Å²) in [5, 5.41) is 0. The maximum absolute atomic E-state index is 5.99. The SMILES string of the molecule is Cc1cc(N2CC(C)C(N)C2)ccn1. The van der Waals surface area contributed by atoms with E-state index in [2.05, 4.69) is 28.9 Å². The van der Waals surface area contributed by atoms with Crippen molar-refractivity contribution in [1.29, 1.82) is 0 Å². The molecule has 2 heterocycles. The molecule has 2 N–H and O–H groups in total. The smallest absolute Gasteiger partial charge is 0.0400 e. The first-order valence-electron chi connectivity index (χ1n) is 5.10. The second-order valence-corrected chi connectivity index (χ2v) is 4.20. The minimum Gasteiger partial charge on any atom is -0.370 e. The first-order valence-corrected chi connectivity index (χ1v) is 5.10. The molecule has 1 aliphatic rings. The van der Waals surface area contributed by atoms with Gasteiger partial charge in [-0.05, 0) is 25.0 Å². The number of aryl methyl sites for hydroxylation is 1. The molecule has 3 heteroatoms. The molecule has 2 atom stereocenters. The monoisotopic (exact) mass is 191 g/mol. The average molecular weight is 191 g/mol. The third kappa shape index (κ3) is 1.73. The standard InChI is InChI=1S/C11H17N3/c1-8-6-14(7-11(8)12)10-3-4-13-9(2)5-10/h3-5,8,11H,6-7,12H2,1-2H3.